The minimum Gasteiger partial charge on any atom is -0.351 e. The third-order valence-electron chi connectivity index (χ3n) is 5.14. The number of nitrogens with one attached hydrogen (secondary N) is 1. The smallest absolute Gasteiger partial charge is 0.321 e. The molecule has 2 aromatic carbocycles. The molecule has 1 aromatic heterocycles. The number of anilines is 1. The molecule has 1 saturated heterocycles. The molecule has 1 aliphatic heterocycles. The lowest BCUT2D eigenvalue weighted by atomic mass is 10.2. The van der Waals surface area contributed by atoms with Crippen molar-refractivity contribution >= 4 is 48.6 Å². The number of hydrogen-bond donors (Lipinski definition) is 1. The van der Waals surface area contributed by atoms with Crippen LogP contribution in [0.5, 0.6) is 0 Å². The van der Waals surface area contributed by atoms with E-state index in [9.17, 15) is 13.2 Å². The van der Waals surface area contributed by atoms with Crippen molar-refractivity contribution in [3.05, 3.63) is 59.2 Å². The first kappa shape index (κ1) is 19.9. The lowest BCUT2D eigenvalue weighted by Gasteiger charge is -2.34. The van der Waals surface area contributed by atoms with Crippen LogP contribution < -0.4 is 5.32 Å². The fourth-order valence-electron chi connectivity index (χ4n) is 3.46. The van der Waals surface area contributed by atoms with Gasteiger partial charge in [0.25, 0.3) is 0 Å². The summed E-state index contributed by atoms with van der Waals surface area (Å²) >= 11 is 3.41. The molecule has 3 aromatic rings. The minimum atomic E-state index is -3.60. The van der Waals surface area contributed by atoms with Gasteiger partial charge in [-0.25, -0.2) is 13.2 Å². The van der Waals surface area contributed by atoms with E-state index < -0.39 is 10.0 Å². The van der Waals surface area contributed by atoms with Gasteiger partial charge in [-0.05, 0) is 52.3 Å². The molecule has 29 heavy (non-hydrogen) atoms. The number of benzene rings is 2. The molecule has 2 amide bonds. The molecular weight excluding hydrogens is 456 g/mol. The van der Waals surface area contributed by atoms with E-state index in [-0.39, 0.29) is 24.0 Å². The van der Waals surface area contributed by atoms with Gasteiger partial charge >= 0.3 is 6.03 Å². The molecule has 0 saturated carbocycles. The number of carbonyl (C=O) groups excluding carboxylic acids is 1. The average molecular weight is 477 g/mol. The second-order valence-electron chi connectivity index (χ2n) is 6.95. The number of sulfonamides is 1. The Morgan fingerprint density at radius 2 is 1.76 bits per heavy atom. The lowest BCUT2D eigenvalue weighted by molar-refractivity contribution is 0.184. The predicted molar refractivity (Wildman–Crippen MR) is 116 cm³/mol. The largest absolute Gasteiger partial charge is 0.351 e. The Kier molecular flexibility index (Phi) is 5.37. The summed E-state index contributed by atoms with van der Waals surface area (Å²) < 4.78 is 30.3. The minimum absolute atomic E-state index is 0.236. The van der Waals surface area contributed by atoms with Crippen molar-refractivity contribution in [2.75, 3.05) is 31.5 Å². The van der Waals surface area contributed by atoms with Crippen LogP contribution in [0.25, 0.3) is 10.9 Å². The first-order valence-corrected chi connectivity index (χ1v) is 11.5. The second-order valence-corrected chi connectivity index (χ2v) is 9.74. The molecule has 0 bridgehead atoms. The number of para-hydroxylation sites is 1. The van der Waals surface area contributed by atoms with E-state index in [0.717, 1.165) is 15.4 Å². The monoisotopic (exact) mass is 476 g/mol. The van der Waals surface area contributed by atoms with Crippen LogP contribution in [0.4, 0.5) is 10.5 Å². The van der Waals surface area contributed by atoms with Crippen molar-refractivity contribution in [1.82, 2.24) is 13.8 Å². The molecule has 1 fully saturated rings. The molecule has 1 aliphatic rings. The molecule has 152 valence electrons. The van der Waals surface area contributed by atoms with Crippen LogP contribution in [0.2, 0.25) is 0 Å². The highest BCUT2D eigenvalue weighted by molar-refractivity contribution is 9.10. The van der Waals surface area contributed by atoms with Crippen molar-refractivity contribution in [1.29, 1.82) is 0 Å². The van der Waals surface area contributed by atoms with Crippen LogP contribution in [0, 0.1) is 0 Å². The average Bonchev–Trinajstić information content (AvgIpc) is 3.10. The number of amides is 2. The highest BCUT2D eigenvalue weighted by Crippen LogP contribution is 2.24. The van der Waals surface area contributed by atoms with Gasteiger partial charge in [0.05, 0.1) is 10.6 Å². The summed E-state index contributed by atoms with van der Waals surface area (Å²) in [5.41, 5.74) is 1.67. The van der Waals surface area contributed by atoms with E-state index >= 15 is 0 Å². The fraction of sp³-hybridized carbons (Fsp3) is 0.250. The van der Waals surface area contributed by atoms with Crippen molar-refractivity contribution in [2.24, 2.45) is 7.05 Å². The number of rotatable bonds is 3. The molecule has 1 N–H and O–H groups in total. The SMILES string of the molecule is Cn1ccc2cc(S(=O)(=O)N3CCN(C(=O)Nc4ccccc4Br)CC3)ccc21. The Hall–Kier alpha value is -2.36. The normalized spacial score (nSPS) is 15.6. The lowest BCUT2D eigenvalue weighted by Crippen LogP contribution is -2.51. The van der Waals surface area contributed by atoms with Gasteiger partial charge in [0, 0.05) is 54.8 Å². The molecule has 0 spiro atoms. The summed E-state index contributed by atoms with van der Waals surface area (Å²) in [6.07, 6.45) is 1.91. The summed E-state index contributed by atoms with van der Waals surface area (Å²) in [6.45, 7) is 1.20. The number of aryl methyl sites for hydroxylation is 1. The summed E-state index contributed by atoms with van der Waals surface area (Å²) in [5.74, 6) is 0. The van der Waals surface area contributed by atoms with Gasteiger partial charge in [-0.15, -0.1) is 0 Å². The number of carbonyl (C=O) groups is 1. The highest BCUT2D eigenvalue weighted by Gasteiger charge is 2.30. The quantitative estimate of drug-likeness (QED) is 0.628. The summed E-state index contributed by atoms with van der Waals surface area (Å²) in [5, 5.41) is 3.75. The van der Waals surface area contributed by atoms with Crippen LogP contribution in [-0.2, 0) is 17.1 Å². The van der Waals surface area contributed by atoms with Gasteiger partial charge in [-0.3, -0.25) is 0 Å². The van der Waals surface area contributed by atoms with Crippen LogP contribution >= 0.6 is 15.9 Å². The first-order chi connectivity index (χ1) is 13.9. The first-order valence-electron chi connectivity index (χ1n) is 9.22. The van der Waals surface area contributed by atoms with Crippen molar-refractivity contribution < 1.29 is 13.2 Å². The molecule has 4 rings (SSSR count). The molecule has 2 heterocycles. The summed E-state index contributed by atoms with van der Waals surface area (Å²) in [4.78, 5) is 14.4. The maximum absolute atomic E-state index is 13.0. The van der Waals surface area contributed by atoms with Crippen LogP contribution in [0.15, 0.2) is 64.1 Å². The zero-order valence-electron chi connectivity index (χ0n) is 15.9. The highest BCUT2D eigenvalue weighted by atomic mass is 79.9. The Bertz CT molecular complexity index is 1170. The van der Waals surface area contributed by atoms with E-state index in [1.165, 1.54) is 4.31 Å². The van der Waals surface area contributed by atoms with Gasteiger partial charge in [0.1, 0.15) is 0 Å². The molecular formula is C20H21BrN4O3S. The number of aromatic nitrogens is 1. The Morgan fingerprint density at radius 3 is 2.48 bits per heavy atom. The van der Waals surface area contributed by atoms with Gasteiger partial charge in [-0.1, -0.05) is 12.1 Å². The third-order valence-corrected chi connectivity index (χ3v) is 7.72. The molecule has 7 nitrogen and oxygen atoms in total. The number of piperazine rings is 1. The molecule has 0 unspecified atom stereocenters. The number of halogens is 1. The molecule has 9 heteroatoms. The maximum Gasteiger partial charge on any atom is 0.321 e. The standard InChI is InChI=1S/C20H21BrN4O3S/c1-23-9-8-15-14-16(6-7-19(15)23)29(27,28)25-12-10-24(11-13-25)20(26)22-18-5-3-2-4-17(18)21/h2-9,14H,10-13H2,1H3,(H,22,26). The van der Waals surface area contributed by atoms with Gasteiger partial charge in [-0.2, -0.15) is 4.31 Å². The fourth-order valence-corrected chi connectivity index (χ4v) is 5.30. The zero-order valence-corrected chi connectivity index (χ0v) is 18.3. The van der Waals surface area contributed by atoms with Crippen LogP contribution in [0.3, 0.4) is 0 Å². The zero-order chi connectivity index (χ0) is 20.6. The number of nitrogens with zero attached hydrogens (tertiary/aromatic N) is 3. The molecule has 0 aliphatic carbocycles. The van der Waals surface area contributed by atoms with Crippen LogP contribution in [-0.4, -0.2) is 54.4 Å². The van der Waals surface area contributed by atoms with E-state index in [2.05, 4.69) is 21.2 Å². The van der Waals surface area contributed by atoms with Crippen molar-refractivity contribution in [3.8, 4) is 0 Å². The van der Waals surface area contributed by atoms with E-state index in [1.807, 2.05) is 54.2 Å². The summed E-state index contributed by atoms with van der Waals surface area (Å²) in [7, 11) is -1.68. The summed E-state index contributed by atoms with van der Waals surface area (Å²) in [6, 6.07) is 14.2. The second kappa shape index (κ2) is 7.81. The Balaban J connectivity index is 1.44. The van der Waals surface area contributed by atoms with E-state index in [1.54, 1.807) is 17.0 Å². The Labute approximate surface area is 178 Å². The van der Waals surface area contributed by atoms with Crippen molar-refractivity contribution in [3.63, 3.8) is 0 Å². The predicted octanol–water partition coefficient (Wildman–Crippen LogP) is 3.48. The number of urea groups is 1. The van der Waals surface area contributed by atoms with E-state index in [0.29, 0.717) is 18.8 Å². The number of hydrogen-bond acceptors (Lipinski definition) is 3. The topological polar surface area (TPSA) is 74.7 Å². The van der Waals surface area contributed by atoms with Gasteiger partial charge < -0.3 is 14.8 Å². The van der Waals surface area contributed by atoms with Crippen molar-refractivity contribution in [2.45, 2.75) is 4.90 Å². The van der Waals surface area contributed by atoms with Gasteiger partial charge in [0.15, 0.2) is 0 Å². The Morgan fingerprint density at radius 1 is 1.03 bits per heavy atom. The third kappa shape index (κ3) is 3.90. The van der Waals surface area contributed by atoms with Gasteiger partial charge in [0.2, 0.25) is 10.0 Å². The molecule has 0 atom stereocenters. The maximum atomic E-state index is 13.0. The number of fused-ring (bicyclic) bond motifs is 1. The van der Waals surface area contributed by atoms with Crippen LogP contribution in [0.1, 0.15) is 0 Å². The molecule has 0 radical (unpaired) electrons. The van der Waals surface area contributed by atoms with E-state index in [4.69, 9.17) is 0 Å².